The van der Waals surface area contributed by atoms with Crippen LogP contribution in [-0.4, -0.2) is 24.4 Å². The number of aromatic hydroxyl groups is 1. The standard InChI is InChI=1S/C12H16BrNO2.ClH/c13-10-3-4-12(15)9(6-10)7-14-8-11-2-1-5-16-11;/h3-4,6,11,14-15H,1-2,5,7-8H2;1H. The number of rotatable bonds is 4. The summed E-state index contributed by atoms with van der Waals surface area (Å²) in [5, 5.41) is 12.9. The van der Waals surface area contributed by atoms with Crippen molar-refractivity contribution in [2.24, 2.45) is 0 Å². The molecule has 1 saturated heterocycles. The molecule has 1 aliphatic heterocycles. The second-order valence-corrected chi connectivity index (χ2v) is 4.95. The van der Waals surface area contributed by atoms with Crippen LogP contribution in [0.4, 0.5) is 0 Å². The van der Waals surface area contributed by atoms with Crippen LogP contribution in [0.5, 0.6) is 5.75 Å². The normalized spacial score (nSPS) is 19.0. The molecule has 1 atom stereocenters. The Hall–Kier alpha value is -0.290. The summed E-state index contributed by atoms with van der Waals surface area (Å²) in [5.41, 5.74) is 0.910. The van der Waals surface area contributed by atoms with E-state index in [1.165, 1.54) is 0 Å². The topological polar surface area (TPSA) is 41.5 Å². The smallest absolute Gasteiger partial charge is 0.120 e. The maximum absolute atomic E-state index is 9.63. The van der Waals surface area contributed by atoms with Crippen molar-refractivity contribution in [3.05, 3.63) is 28.2 Å². The van der Waals surface area contributed by atoms with Gasteiger partial charge in [0.2, 0.25) is 0 Å². The van der Waals surface area contributed by atoms with Gasteiger partial charge in [0.15, 0.2) is 0 Å². The van der Waals surface area contributed by atoms with E-state index in [2.05, 4.69) is 21.2 Å². The van der Waals surface area contributed by atoms with Crippen molar-refractivity contribution in [1.82, 2.24) is 5.32 Å². The lowest BCUT2D eigenvalue weighted by Gasteiger charge is -2.11. The van der Waals surface area contributed by atoms with E-state index in [0.29, 0.717) is 18.4 Å². The third-order valence-corrected chi connectivity index (χ3v) is 3.25. The Morgan fingerprint density at radius 3 is 3.00 bits per heavy atom. The van der Waals surface area contributed by atoms with Gasteiger partial charge in [-0.3, -0.25) is 0 Å². The summed E-state index contributed by atoms with van der Waals surface area (Å²) in [7, 11) is 0. The first-order valence-electron chi connectivity index (χ1n) is 5.55. The molecule has 5 heteroatoms. The summed E-state index contributed by atoms with van der Waals surface area (Å²) in [6, 6.07) is 5.46. The minimum Gasteiger partial charge on any atom is -0.508 e. The van der Waals surface area contributed by atoms with Crippen molar-refractivity contribution in [2.75, 3.05) is 13.2 Å². The SMILES string of the molecule is Cl.Oc1ccc(Br)cc1CNCC1CCCO1. The highest BCUT2D eigenvalue weighted by atomic mass is 79.9. The molecule has 0 aliphatic carbocycles. The van der Waals surface area contributed by atoms with Gasteiger partial charge in [0.1, 0.15) is 5.75 Å². The number of ether oxygens (including phenoxy) is 1. The lowest BCUT2D eigenvalue weighted by atomic mass is 10.2. The monoisotopic (exact) mass is 321 g/mol. The van der Waals surface area contributed by atoms with Gasteiger partial charge in [-0.1, -0.05) is 15.9 Å². The summed E-state index contributed by atoms with van der Waals surface area (Å²) in [4.78, 5) is 0. The Morgan fingerprint density at radius 2 is 2.29 bits per heavy atom. The van der Waals surface area contributed by atoms with Gasteiger partial charge in [0, 0.05) is 29.7 Å². The predicted molar refractivity (Wildman–Crippen MR) is 73.7 cm³/mol. The molecule has 0 aromatic heterocycles. The highest BCUT2D eigenvalue weighted by molar-refractivity contribution is 9.10. The fourth-order valence-electron chi connectivity index (χ4n) is 1.87. The van der Waals surface area contributed by atoms with Crippen molar-refractivity contribution in [2.45, 2.75) is 25.5 Å². The molecule has 1 aromatic rings. The molecule has 0 saturated carbocycles. The molecule has 2 N–H and O–H groups in total. The minimum absolute atomic E-state index is 0. The van der Waals surface area contributed by atoms with E-state index in [0.717, 1.165) is 36.0 Å². The van der Waals surface area contributed by atoms with Gasteiger partial charge < -0.3 is 15.2 Å². The van der Waals surface area contributed by atoms with Crippen molar-refractivity contribution in [3.8, 4) is 5.75 Å². The van der Waals surface area contributed by atoms with Crippen LogP contribution in [0.15, 0.2) is 22.7 Å². The van der Waals surface area contributed by atoms with Crippen LogP contribution in [0, 0.1) is 0 Å². The predicted octanol–water partition coefficient (Wildman–Crippen LogP) is 2.85. The van der Waals surface area contributed by atoms with Gasteiger partial charge in [-0.05, 0) is 31.0 Å². The van der Waals surface area contributed by atoms with Crippen molar-refractivity contribution < 1.29 is 9.84 Å². The molecule has 2 rings (SSSR count). The van der Waals surface area contributed by atoms with Gasteiger partial charge in [-0.2, -0.15) is 0 Å². The molecule has 17 heavy (non-hydrogen) atoms. The molecule has 0 spiro atoms. The largest absolute Gasteiger partial charge is 0.508 e. The zero-order valence-corrected chi connectivity index (χ0v) is 11.9. The van der Waals surface area contributed by atoms with Gasteiger partial charge in [0.25, 0.3) is 0 Å². The lowest BCUT2D eigenvalue weighted by Crippen LogP contribution is -2.25. The average Bonchev–Trinajstić information content (AvgIpc) is 2.76. The Balaban J connectivity index is 0.00000144. The molecule has 1 heterocycles. The van der Waals surface area contributed by atoms with Crippen LogP contribution in [-0.2, 0) is 11.3 Å². The third-order valence-electron chi connectivity index (χ3n) is 2.75. The van der Waals surface area contributed by atoms with E-state index < -0.39 is 0 Å². The van der Waals surface area contributed by atoms with Gasteiger partial charge in [-0.15, -0.1) is 12.4 Å². The first kappa shape index (κ1) is 14.8. The molecule has 1 unspecified atom stereocenters. The highest BCUT2D eigenvalue weighted by Gasteiger charge is 2.14. The summed E-state index contributed by atoms with van der Waals surface area (Å²) < 4.78 is 6.50. The molecule has 1 aliphatic rings. The molecular formula is C12H17BrClNO2. The molecular weight excluding hydrogens is 305 g/mol. The van der Waals surface area contributed by atoms with Crippen LogP contribution in [0.25, 0.3) is 0 Å². The fourth-order valence-corrected chi connectivity index (χ4v) is 2.28. The van der Waals surface area contributed by atoms with E-state index in [1.807, 2.05) is 12.1 Å². The number of phenolic OH excluding ortho intramolecular Hbond substituents is 1. The minimum atomic E-state index is 0. The van der Waals surface area contributed by atoms with E-state index >= 15 is 0 Å². The zero-order chi connectivity index (χ0) is 11.4. The maximum atomic E-state index is 9.63. The van der Waals surface area contributed by atoms with Crippen LogP contribution in [0.1, 0.15) is 18.4 Å². The molecule has 3 nitrogen and oxygen atoms in total. The summed E-state index contributed by atoms with van der Waals surface area (Å²) in [5.74, 6) is 0.336. The number of hydrogen-bond donors (Lipinski definition) is 2. The van der Waals surface area contributed by atoms with Crippen LogP contribution in [0.2, 0.25) is 0 Å². The molecule has 96 valence electrons. The molecule has 0 amide bonds. The summed E-state index contributed by atoms with van der Waals surface area (Å²) in [6.07, 6.45) is 2.64. The van der Waals surface area contributed by atoms with Crippen LogP contribution >= 0.6 is 28.3 Å². The molecule has 0 radical (unpaired) electrons. The first-order chi connectivity index (χ1) is 7.75. The molecule has 1 aromatic carbocycles. The number of benzene rings is 1. The third kappa shape index (κ3) is 4.47. The zero-order valence-electron chi connectivity index (χ0n) is 9.49. The average molecular weight is 323 g/mol. The lowest BCUT2D eigenvalue weighted by molar-refractivity contribution is 0.110. The summed E-state index contributed by atoms with van der Waals surface area (Å²) >= 11 is 3.39. The van der Waals surface area contributed by atoms with Crippen molar-refractivity contribution in [1.29, 1.82) is 0 Å². The second-order valence-electron chi connectivity index (χ2n) is 4.04. The Morgan fingerprint density at radius 1 is 1.47 bits per heavy atom. The number of hydrogen-bond acceptors (Lipinski definition) is 3. The number of phenols is 1. The van der Waals surface area contributed by atoms with E-state index in [4.69, 9.17) is 4.74 Å². The highest BCUT2D eigenvalue weighted by Crippen LogP contribution is 2.21. The van der Waals surface area contributed by atoms with Gasteiger partial charge >= 0.3 is 0 Å². The Bertz CT molecular complexity index is 356. The Labute approximate surface area is 116 Å². The van der Waals surface area contributed by atoms with Crippen molar-refractivity contribution in [3.63, 3.8) is 0 Å². The fraction of sp³-hybridized carbons (Fsp3) is 0.500. The van der Waals surface area contributed by atoms with Crippen LogP contribution in [0.3, 0.4) is 0 Å². The van der Waals surface area contributed by atoms with Gasteiger partial charge in [0.05, 0.1) is 6.10 Å². The quantitative estimate of drug-likeness (QED) is 0.895. The van der Waals surface area contributed by atoms with E-state index in [1.54, 1.807) is 6.07 Å². The second kappa shape index (κ2) is 7.21. The van der Waals surface area contributed by atoms with Crippen LogP contribution < -0.4 is 5.32 Å². The molecule has 1 fully saturated rings. The van der Waals surface area contributed by atoms with E-state index in [-0.39, 0.29) is 12.4 Å². The Kier molecular flexibility index (Phi) is 6.27. The first-order valence-corrected chi connectivity index (χ1v) is 6.35. The molecule has 0 bridgehead atoms. The van der Waals surface area contributed by atoms with Crippen molar-refractivity contribution >= 4 is 28.3 Å². The van der Waals surface area contributed by atoms with Gasteiger partial charge in [-0.25, -0.2) is 0 Å². The maximum Gasteiger partial charge on any atom is 0.120 e. The summed E-state index contributed by atoms with van der Waals surface area (Å²) in [6.45, 7) is 2.41. The van der Waals surface area contributed by atoms with E-state index in [9.17, 15) is 5.11 Å². The number of nitrogens with one attached hydrogen (secondary N) is 1. The number of halogens is 2.